The average molecular weight is 237 g/mol. The molecule has 0 saturated carbocycles. The molecule has 1 N–H and O–H groups in total. The lowest BCUT2D eigenvalue weighted by molar-refractivity contribution is -0.142. The van der Waals surface area contributed by atoms with Gasteiger partial charge in [0.2, 0.25) is 0 Å². The van der Waals surface area contributed by atoms with Crippen molar-refractivity contribution >= 4 is 5.97 Å². The summed E-state index contributed by atoms with van der Waals surface area (Å²) in [6.07, 6.45) is -0.179. The normalized spacial score (nSPS) is 9.76. The van der Waals surface area contributed by atoms with E-state index in [1.807, 2.05) is 6.07 Å². The molecule has 1 aromatic rings. The van der Waals surface area contributed by atoms with Gasteiger partial charge in [-0.15, -0.1) is 0 Å². The lowest BCUT2D eigenvalue weighted by atomic mass is 10.00. The number of carbonyl (C=O) groups excluding carboxylic acids is 1. The summed E-state index contributed by atoms with van der Waals surface area (Å²) >= 11 is 0. The van der Waals surface area contributed by atoms with Gasteiger partial charge in [-0.1, -0.05) is 0 Å². The molecule has 17 heavy (non-hydrogen) atoms. The summed E-state index contributed by atoms with van der Waals surface area (Å²) < 4.78 is 17.9. The first-order valence-electron chi connectivity index (χ1n) is 5.10. The summed E-state index contributed by atoms with van der Waals surface area (Å²) in [5.41, 5.74) is 0.531. The number of hydrogen-bond donors (Lipinski definition) is 1. The minimum atomic E-state index is -0.590. The van der Waals surface area contributed by atoms with Crippen LogP contribution in [-0.4, -0.2) is 17.7 Å². The largest absolute Gasteiger partial charge is 0.466 e. The molecular weight excluding hydrogens is 225 g/mol. The number of hydrogen-bond acceptors (Lipinski definition) is 4. The summed E-state index contributed by atoms with van der Waals surface area (Å²) in [5, 5.41) is 17.9. The Hall–Kier alpha value is -1.93. The van der Waals surface area contributed by atoms with E-state index in [0.29, 0.717) is 0 Å². The van der Waals surface area contributed by atoms with Crippen molar-refractivity contribution in [3.8, 4) is 6.07 Å². The van der Waals surface area contributed by atoms with Crippen molar-refractivity contribution in [2.24, 2.45) is 0 Å². The van der Waals surface area contributed by atoms with Gasteiger partial charge in [0.1, 0.15) is 5.82 Å². The molecule has 0 heterocycles. The van der Waals surface area contributed by atoms with Gasteiger partial charge in [-0.2, -0.15) is 5.26 Å². The summed E-state index contributed by atoms with van der Waals surface area (Å²) in [5.74, 6) is -1.12. The van der Waals surface area contributed by atoms with Crippen LogP contribution in [0.3, 0.4) is 0 Å². The second kappa shape index (κ2) is 5.97. The van der Waals surface area contributed by atoms with E-state index in [0.717, 1.165) is 12.1 Å². The monoisotopic (exact) mass is 237 g/mol. The Morgan fingerprint density at radius 2 is 2.18 bits per heavy atom. The standard InChI is InChI=1S/C12H12FNO3/c1-2-17-12(16)5-8-3-10(13)4-9(7-15)11(8)6-14/h3-4,15H,2,5,7H2,1H3. The number of aliphatic hydroxyl groups excluding tert-OH is 1. The van der Waals surface area contributed by atoms with Crippen molar-refractivity contribution in [3.05, 3.63) is 34.6 Å². The third-order valence-corrected chi connectivity index (χ3v) is 2.19. The Balaban J connectivity index is 3.10. The number of carbonyl (C=O) groups is 1. The van der Waals surface area contributed by atoms with Crippen molar-refractivity contribution in [2.75, 3.05) is 6.61 Å². The van der Waals surface area contributed by atoms with E-state index in [-0.39, 0.29) is 29.7 Å². The fourth-order valence-electron chi connectivity index (χ4n) is 1.50. The maximum Gasteiger partial charge on any atom is 0.310 e. The Morgan fingerprint density at radius 1 is 1.53 bits per heavy atom. The molecule has 0 amide bonds. The van der Waals surface area contributed by atoms with Crippen molar-refractivity contribution in [3.63, 3.8) is 0 Å². The highest BCUT2D eigenvalue weighted by atomic mass is 19.1. The first-order valence-corrected chi connectivity index (χ1v) is 5.10. The number of halogens is 1. The van der Waals surface area contributed by atoms with Crippen LogP contribution in [0.1, 0.15) is 23.6 Å². The number of ether oxygens (including phenoxy) is 1. The molecule has 0 atom stereocenters. The predicted molar refractivity (Wildman–Crippen MR) is 57.4 cm³/mol. The van der Waals surface area contributed by atoms with Gasteiger partial charge in [-0.05, 0) is 30.2 Å². The van der Waals surface area contributed by atoms with Gasteiger partial charge < -0.3 is 9.84 Å². The molecule has 5 heteroatoms. The van der Waals surface area contributed by atoms with Crippen molar-refractivity contribution in [1.29, 1.82) is 5.26 Å². The Labute approximate surface area is 98.2 Å². The lowest BCUT2D eigenvalue weighted by Gasteiger charge is -2.08. The lowest BCUT2D eigenvalue weighted by Crippen LogP contribution is -2.10. The molecule has 0 fully saturated rings. The van der Waals surface area contributed by atoms with Gasteiger partial charge in [0, 0.05) is 0 Å². The minimum Gasteiger partial charge on any atom is -0.466 e. The van der Waals surface area contributed by atoms with Crippen LogP contribution in [0.15, 0.2) is 12.1 Å². The van der Waals surface area contributed by atoms with Crippen LogP contribution in [0, 0.1) is 17.1 Å². The van der Waals surface area contributed by atoms with Crippen LogP contribution in [0.25, 0.3) is 0 Å². The zero-order valence-corrected chi connectivity index (χ0v) is 9.36. The highest BCUT2D eigenvalue weighted by molar-refractivity contribution is 5.73. The molecule has 1 rings (SSSR count). The summed E-state index contributed by atoms with van der Waals surface area (Å²) in [4.78, 5) is 11.3. The highest BCUT2D eigenvalue weighted by Gasteiger charge is 2.14. The van der Waals surface area contributed by atoms with E-state index < -0.39 is 18.4 Å². The molecule has 0 aliphatic carbocycles. The predicted octanol–water partition coefficient (Wildman–Crippen LogP) is 1.30. The second-order valence-electron chi connectivity index (χ2n) is 3.35. The van der Waals surface area contributed by atoms with E-state index in [2.05, 4.69) is 0 Å². The summed E-state index contributed by atoms with van der Waals surface area (Å²) in [6, 6.07) is 4.04. The SMILES string of the molecule is CCOC(=O)Cc1cc(F)cc(CO)c1C#N. The maximum absolute atomic E-state index is 13.2. The topological polar surface area (TPSA) is 70.3 Å². The first-order chi connectivity index (χ1) is 8.12. The van der Waals surface area contributed by atoms with E-state index in [1.54, 1.807) is 6.92 Å². The third kappa shape index (κ3) is 3.26. The number of benzene rings is 1. The first kappa shape index (κ1) is 13.1. The van der Waals surface area contributed by atoms with Crippen molar-refractivity contribution < 1.29 is 19.0 Å². The Morgan fingerprint density at radius 3 is 2.71 bits per heavy atom. The summed E-state index contributed by atoms with van der Waals surface area (Å²) in [6.45, 7) is 1.44. The molecule has 4 nitrogen and oxygen atoms in total. The second-order valence-corrected chi connectivity index (χ2v) is 3.35. The Kier molecular flexibility index (Phi) is 4.61. The minimum absolute atomic E-state index is 0.127. The molecule has 0 saturated heterocycles. The van der Waals surface area contributed by atoms with Crippen LogP contribution >= 0.6 is 0 Å². The fourth-order valence-corrected chi connectivity index (χ4v) is 1.50. The van der Waals surface area contributed by atoms with E-state index >= 15 is 0 Å². The third-order valence-electron chi connectivity index (χ3n) is 2.19. The highest BCUT2D eigenvalue weighted by Crippen LogP contribution is 2.17. The van der Waals surface area contributed by atoms with Gasteiger partial charge in [0.15, 0.2) is 0 Å². The molecular formula is C12H12FNO3. The van der Waals surface area contributed by atoms with Crippen molar-refractivity contribution in [1.82, 2.24) is 0 Å². The zero-order valence-electron chi connectivity index (χ0n) is 9.36. The van der Waals surface area contributed by atoms with Gasteiger partial charge in [0.05, 0.1) is 31.3 Å². The van der Waals surface area contributed by atoms with Crippen LogP contribution < -0.4 is 0 Å². The molecule has 0 unspecified atom stereocenters. The van der Waals surface area contributed by atoms with E-state index in [4.69, 9.17) is 15.1 Å². The van der Waals surface area contributed by atoms with E-state index in [1.165, 1.54) is 0 Å². The molecule has 90 valence electrons. The van der Waals surface area contributed by atoms with Gasteiger partial charge in [-0.3, -0.25) is 4.79 Å². The number of nitrogens with zero attached hydrogens (tertiary/aromatic N) is 1. The fraction of sp³-hybridized carbons (Fsp3) is 0.333. The zero-order chi connectivity index (χ0) is 12.8. The molecule has 0 aliphatic rings. The number of esters is 1. The van der Waals surface area contributed by atoms with E-state index in [9.17, 15) is 9.18 Å². The molecule has 0 radical (unpaired) electrons. The van der Waals surface area contributed by atoms with Crippen LogP contribution in [0.5, 0.6) is 0 Å². The number of aliphatic hydroxyl groups is 1. The van der Waals surface area contributed by atoms with Crippen LogP contribution in [0.2, 0.25) is 0 Å². The number of nitriles is 1. The van der Waals surface area contributed by atoms with Gasteiger partial charge in [0.25, 0.3) is 0 Å². The average Bonchev–Trinajstić information content (AvgIpc) is 2.28. The van der Waals surface area contributed by atoms with Crippen molar-refractivity contribution in [2.45, 2.75) is 20.0 Å². The maximum atomic E-state index is 13.2. The molecule has 0 spiro atoms. The van der Waals surface area contributed by atoms with Gasteiger partial charge >= 0.3 is 5.97 Å². The van der Waals surface area contributed by atoms with Crippen LogP contribution in [0.4, 0.5) is 4.39 Å². The molecule has 0 aromatic heterocycles. The molecule has 0 aliphatic heterocycles. The van der Waals surface area contributed by atoms with Crippen LogP contribution in [-0.2, 0) is 22.6 Å². The van der Waals surface area contributed by atoms with Gasteiger partial charge in [-0.25, -0.2) is 4.39 Å². The quantitative estimate of drug-likeness (QED) is 0.801. The number of rotatable bonds is 4. The molecule has 0 bridgehead atoms. The molecule has 1 aromatic carbocycles. The summed E-state index contributed by atoms with van der Waals surface area (Å²) in [7, 11) is 0. The Bertz CT molecular complexity index is 466. The smallest absolute Gasteiger partial charge is 0.310 e.